The average Bonchev–Trinajstić information content (AvgIpc) is 2.26. The predicted octanol–water partition coefficient (Wildman–Crippen LogP) is 3.00. The molecule has 4 heteroatoms. The van der Waals surface area contributed by atoms with Gasteiger partial charge in [-0.05, 0) is 39.8 Å². The van der Waals surface area contributed by atoms with E-state index in [4.69, 9.17) is 4.74 Å². The number of amides is 2. The normalized spacial score (nSPS) is 10.9. The molecule has 0 aromatic heterocycles. The van der Waals surface area contributed by atoms with Crippen molar-refractivity contribution in [2.24, 2.45) is 0 Å². The van der Waals surface area contributed by atoms with E-state index in [1.165, 1.54) is 7.05 Å². The molecule has 0 aliphatic heterocycles. The number of imide groups is 1. The van der Waals surface area contributed by atoms with E-state index >= 15 is 0 Å². The van der Waals surface area contributed by atoms with E-state index in [1.807, 2.05) is 19.1 Å². The number of carbonyl (C=O) groups excluding carboxylic acids is 2. The Morgan fingerprint density at radius 3 is 2.06 bits per heavy atom. The first-order valence-electron chi connectivity index (χ1n) is 5.78. The first-order chi connectivity index (χ1) is 8.20. The van der Waals surface area contributed by atoms with Gasteiger partial charge in [0.2, 0.25) is 0 Å². The highest BCUT2D eigenvalue weighted by atomic mass is 16.6. The summed E-state index contributed by atoms with van der Waals surface area (Å²) in [5.41, 5.74) is 0.916. The van der Waals surface area contributed by atoms with Gasteiger partial charge in [0.05, 0.1) is 0 Å². The maximum absolute atomic E-state index is 12.0. The molecule has 2 amide bonds. The number of hydrogen-bond acceptors (Lipinski definition) is 3. The number of ether oxygens (including phenoxy) is 1. The van der Waals surface area contributed by atoms with Crippen molar-refractivity contribution >= 4 is 12.0 Å². The summed E-state index contributed by atoms with van der Waals surface area (Å²) in [5.74, 6) is -0.371. The topological polar surface area (TPSA) is 46.6 Å². The van der Waals surface area contributed by atoms with Crippen LogP contribution in [0.5, 0.6) is 0 Å². The molecule has 0 aliphatic rings. The van der Waals surface area contributed by atoms with Gasteiger partial charge in [-0.25, -0.2) is 9.69 Å². The lowest BCUT2D eigenvalue weighted by Crippen LogP contribution is -2.38. The zero-order chi connectivity index (χ0) is 13.9. The smallest absolute Gasteiger partial charge is 0.417 e. The first-order valence-corrected chi connectivity index (χ1v) is 5.78. The summed E-state index contributed by atoms with van der Waals surface area (Å²) in [5, 5.41) is 0. The zero-order valence-electron chi connectivity index (χ0n) is 11.5. The molecule has 0 spiro atoms. The summed E-state index contributed by atoms with van der Waals surface area (Å²) in [6, 6.07) is 7.05. The highest BCUT2D eigenvalue weighted by Crippen LogP contribution is 2.12. The lowest BCUT2D eigenvalue weighted by Gasteiger charge is -2.23. The molecule has 0 saturated heterocycles. The van der Waals surface area contributed by atoms with Crippen LogP contribution in [0.4, 0.5) is 4.79 Å². The molecule has 0 saturated carbocycles. The van der Waals surface area contributed by atoms with E-state index in [1.54, 1.807) is 32.9 Å². The van der Waals surface area contributed by atoms with Crippen LogP contribution in [0.3, 0.4) is 0 Å². The van der Waals surface area contributed by atoms with Gasteiger partial charge in [0.15, 0.2) is 0 Å². The SMILES string of the molecule is Cc1ccc(C(=O)N(C)C(=O)OC(C)(C)C)cc1. The van der Waals surface area contributed by atoms with Crippen LogP contribution in [0.1, 0.15) is 36.7 Å². The Morgan fingerprint density at radius 1 is 1.11 bits per heavy atom. The van der Waals surface area contributed by atoms with Crippen molar-refractivity contribution in [3.63, 3.8) is 0 Å². The van der Waals surface area contributed by atoms with Gasteiger partial charge in [-0.2, -0.15) is 0 Å². The van der Waals surface area contributed by atoms with Crippen LogP contribution in [0, 0.1) is 6.92 Å². The van der Waals surface area contributed by atoms with Crippen LogP contribution >= 0.6 is 0 Å². The number of rotatable bonds is 1. The van der Waals surface area contributed by atoms with Crippen LogP contribution in [0.25, 0.3) is 0 Å². The van der Waals surface area contributed by atoms with Gasteiger partial charge in [-0.3, -0.25) is 4.79 Å². The minimum atomic E-state index is -0.645. The second-order valence-corrected chi connectivity index (χ2v) is 5.21. The molecule has 0 atom stereocenters. The summed E-state index contributed by atoms with van der Waals surface area (Å²) in [4.78, 5) is 24.7. The summed E-state index contributed by atoms with van der Waals surface area (Å²) >= 11 is 0. The van der Waals surface area contributed by atoms with Crippen molar-refractivity contribution in [3.05, 3.63) is 35.4 Å². The van der Waals surface area contributed by atoms with Crippen molar-refractivity contribution in [2.45, 2.75) is 33.3 Å². The molecule has 1 rings (SSSR count). The second kappa shape index (κ2) is 5.21. The van der Waals surface area contributed by atoms with Gasteiger partial charge < -0.3 is 4.74 Å². The average molecular weight is 249 g/mol. The van der Waals surface area contributed by atoms with Crippen LogP contribution in [-0.4, -0.2) is 29.5 Å². The van der Waals surface area contributed by atoms with E-state index in [0.717, 1.165) is 10.5 Å². The number of nitrogens with zero attached hydrogens (tertiary/aromatic N) is 1. The zero-order valence-corrected chi connectivity index (χ0v) is 11.5. The fourth-order valence-electron chi connectivity index (χ4n) is 1.30. The highest BCUT2D eigenvalue weighted by Gasteiger charge is 2.24. The van der Waals surface area contributed by atoms with Gasteiger partial charge in [0, 0.05) is 12.6 Å². The molecule has 18 heavy (non-hydrogen) atoms. The summed E-state index contributed by atoms with van der Waals surface area (Å²) in [6.07, 6.45) is -0.645. The Bertz CT molecular complexity index is 443. The molecule has 98 valence electrons. The molecule has 0 heterocycles. The summed E-state index contributed by atoms with van der Waals surface area (Å²) in [7, 11) is 1.41. The molecule has 0 fully saturated rings. The third kappa shape index (κ3) is 3.87. The maximum atomic E-state index is 12.0. The molecule has 0 unspecified atom stereocenters. The van der Waals surface area contributed by atoms with E-state index in [0.29, 0.717) is 5.56 Å². The fourth-order valence-corrected chi connectivity index (χ4v) is 1.30. The Labute approximate surface area is 108 Å². The van der Waals surface area contributed by atoms with Crippen molar-refractivity contribution in [1.82, 2.24) is 4.90 Å². The molecule has 0 aliphatic carbocycles. The van der Waals surface area contributed by atoms with Crippen LogP contribution in [-0.2, 0) is 4.74 Å². The Kier molecular flexibility index (Phi) is 4.11. The number of hydrogen-bond donors (Lipinski definition) is 0. The van der Waals surface area contributed by atoms with Crippen molar-refractivity contribution < 1.29 is 14.3 Å². The van der Waals surface area contributed by atoms with Gasteiger partial charge in [0.1, 0.15) is 5.60 Å². The lowest BCUT2D eigenvalue weighted by atomic mass is 10.1. The van der Waals surface area contributed by atoms with Gasteiger partial charge in [0.25, 0.3) is 5.91 Å². The number of aryl methyl sites for hydroxylation is 1. The van der Waals surface area contributed by atoms with Gasteiger partial charge >= 0.3 is 6.09 Å². The minimum Gasteiger partial charge on any atom is -0.443 e. The molecule has 1 aromatic carbocycles. The van der Waals surface area contributed by atoms with Crippen LogP contribution in [0.2, 0.25) is 0 Å². The van der Waals surface area contributed by atoms with Crippen LogP contribution in [0.15, 0.2) is 24.3 Å². The first kappa shape index (κ1) is 14.2. The maximum Gasteiger partial charge on any atom is 0.417 e. The Morgan fingerprint density at radius 2 is 1.61 bits per heavy atom. The summed E-state index contributed by atoms with van der Waals surface area (Å²) < 4.78 is 5.13. The molecule has 0 N–H and O–H groups in total. The van der Waals surface area contributed by atoms with Crippen LogP contribution < -0.4 is 0 Å². The summed E-state index contributed by atoms with van der Waals surface area (Å²) in [6.45, 7) is 7.21. The monoisotopic (exact) mass is 249 g/mol. The van der Waals surface area contributed by atoms with Gasteiger partial charge in [-0.1, -0.05) is 17.7 Å². The largest absolute Gasteiger partial charge is 0.443 e. The fraction of sp³-hybridized carbons (Fsp3) is 0.429. The van der Waals surface area contributed by atoms with E-state index in [-0.39, 0.29) is 5.91 Å². The lowest BCUT2D eigenvalue weighted by molar-refractivity contribution is 0.0285. The molecular formula is C14H19NO3. The Hall–Kier alpha value is -1.84. The van der Waals surface area contributed by atoms with E-state index in [2.05, 4.69) is 0 Å². The quantitative estimate of drug-likeness (QED) is 0.768. The number of benzene rings is 1. The van der Waals surface area contributed by atoms with Crippen molar-refractivity contribution in [1.29, 1.82) is 0 Å². The predicted molar refractivity (Wildman–Crippen MR) is 69.5 cm³/mol. The van der Waals surface area contributed by atoms with E-state index < -0.39 is 11.7 Å². The molecular weight excluding hydrogens is 230 g/mol. The minimum absolute atomic E-state index is 0.371. The standard InChI is InChI=1S/C14H19NO3/c1-10-6-8-11(9-7-10)12(16)15(5)13(17)18-14(2,3)4/h6-9H,1-5H3. The number of carbonyl (C=O) groups is 2. The van der Waals surface area contributed by atoms with Crippen molar-refractivity contribution in [2.75, 3.05) is 7.05 Å². The third-order valence-electron chi connectivity index (χ3n) is 2.27. The molecule has 0 radical (unpaired) electrons. The highest BCUT2D eigenvalue weighted by molar-refractivity contribution is 6.02. The Balaban J connectivity index is 2.78. The van der Waals surface area contributed by atoms with E-state index in [9.17, 15) is 9.59 Å². The third-order valence-corrected chi connectivity index (χ3v) is 2.27. The second-order valence-electron chi connectivity index (χ2n) is 5.21. The van der Waals surface area contributed by atoms with Gasteiger partial charge in [-0.15, -0.1) is 0 Å². The van der Waals surface area contributed by atoms with Crippen molar-refractivity contribution in [3.8, 4) is 0 Å². The molecule has 0 bridgehead atoms. The molecule has 1 aromatic rings. The molecule has 4 nitrogen and oxygen atoms in total.